The largest absolute Gasteiger partial charge is 0.319 e. The predicted molar refractivity (Wildman–Crippen MR) is 76.0 cm³/mol. The van der Waals surface area contributed by atoms with Crippen LogP contribution < -0.4 is 5.32 Å². The second-order valence-corrected chi connectivity index (χ2v) is 5.46. The van der Waals surface area contributed by atoms with Crippen molar-refractivity contribution in [3.63, 3.8) is 0 Å². The van der Waals surface area contributed by atoms with Crippen LogP contribution in [-0.2, 0) is 19.3 Å². The summed E-state index contributed by atoms with van der Waals surface area (Å²) in [6, 6.07) is 0.591. The molecule has 18 heavy (non-hydrogen) atoms. The van der Waals surface area contributed by atoms with E-state index < -0.39 is 0 Å². The van der Waals surface area contributed by atoms with Crippen molar-refractivity contribution >= 4 is 0 Å². The summed E-state index contributed by atoms with van der Waals surface area (Å²) in [7, 11) is 2.02. The minimum absolute atomic E-state index is 0.591. The van der Waals surface area contributed by atoms with Crippen LogP contribution in [0.4, 0.5) is 0 Å². The molecule has 1 N–H and O–H groups in total. The Hall–Kier alpha value is -0.830. The summed E-state index contributed by atoms with van der Waals surface area (Å²) in [5, 5.41) is 8.16. The molecule has 1 saturated carbocycles. The zero-order valence-corrected chi connectivity index (χ0v) is 12.3. The first kappa shape index (κ1) is 13.6. The Bertz CT molecular complexity index is 391. The van der Waals surface area contributed by atoms with E-state index in [1.165, 1.54) is 29.8 Å². The van der Waals surface area contributed by atoms with Gasteiger partial charge >= 0.3 is 0 Å². The van der Waals surface area contributed by atoms with E-state index in [1.54, 1.807) is 0 Å². The number of aryl methyl sites for hydroxylation is 1. The second-order valence-electron chi connectivity index (χ2n) is 5.46. The lowest BCUT2D eigenvalue weighted by molar-refractivity contribution is 0.423. The van der Waals surface area contributed by atoms with Gasteiger partial charge in [-0.1, -0.05) is 13.8 Å². The summed E-state index contributed by atoms with van der Waals surface area (Å²) < 4.78 is 2.33. The normalized spacial score (nSPS) is 17.1. The van der Waals surface area contributed by atoms with Gasteiger partial charge in [-0.15, -0.1) is 0 Å². The van der Waals surface area contributed by atoms with Gasteiger partial charge in [0.1, 0.15) is 0 Å². The summed E-state index contributed by atoms with van der Waals surface area (Å²) in [5.41, 5.74) is 4.29. The summed E-state index contributed by atoms with van der Waals surface area (Å²) in [6.07, 6.45) is 6.04. The molecule has 0 aromatic carbocycles. The lowest BCUT2D eigenvalue weighted by Gasteiger charge is -2.15. The Morgan fingerprint density at radius 1 is 1.33 bits per heavy atom. The van der Waals surface area contributed by atoms with Gasteiger partial charge in [-0.05, 0) is 64.1 Å². The van der Waals surface area contributed by atoms with E-state index in [2.05, 4.69) is 30.8 Å². The lowest BCUT2D eigenvalue weighted by Crippen LogP contribution is -2.14. The fourth-order valence-corrected chi connectivity index (χ4v) is 2.87. The molecule has 1 heterocycles. The molecule has 1 fully saturated rings. The van der Waals surface area contributed by atoms with Crippen LogP contribution in [0.2, 0.25) is 0 Å². The highest BCUT2D eigenvalue weighted by molar-refractivity contribution is 5.28. The molecule has 0 bridgehead atoms. The van der Waals surface area contributed by atoms with Gasteiger partial charge in [0.2, 0.25) is 0 Å². The molecule has 0 aliphatic heterocycles. The summed E-state index contributed by atoms with van der Waals surface area (Å²) in [4.78, 5) is 0. The maximum absolute atomic E-state index is 4.90. The summed E-state index contributed by atoms with van der Waals surface area (Å²) >= 11 is 0. The van der Waals surface area contributed by atoms with Crippen molar-refractivity contribution in [3.05, 3.63) is 17.0 Å². The standard InChI is InChI=1S/C15H27N3/c1-5-14-13(9-10-16-4)15(6-2)18(17-14)11(3)12-7-8-12/h11-12,16H,5-10H2,1-4H3. The van der Waals surface area contributed by atoms with Crippen LogP contribution in [0.25, 0.3) is 0 Å². The van der Waals surface area contributed by atoms with Crippen LogP contribution in [-0.4, -0.2) is 23.4 Å². The molecule has 0 radical (unpaired) electrons. The Morgan fingerprint density at radius 2 is 2.06 bits per heavy atom. The van der Waals surface area contributed by atoms with Crippen LogP contribution in [0.15, 0.2) is 0 Å². The van der Waals surface area contributed by atoms with Crippen LogP contribution in [0, 0.1) is 5.92 Å². The number of nitrogens with one attached hydrogen (secondary N) is 1. The maximum atomic E-state index is 4.90. The van der Waals surface area contributed by atoms with E-state index in [0.29, 0.717) is 6.04 Å². The average Bonchev–Trinajstić information content (AvgIpc) is 3.16. The third-order valence-electron chi connectivity index (χ3n) is 4.19. The molecule has 0 spiro atoms. The van der Waals surface area contributed by atoms with E-state index in [9.17, 15) is 0 Å². The van der Waals surface area contributed by atoms with Crippen molar-refractivity contribution < 1.29 is 0 Å². The van der Waals surface area contributed by atoms with E-state index in [1.807, 2.05) is 7.05 Å². The molecular weight excluding hydrogens is 222 g/mol. The third kappa shape index (κ3) is 2.61. The lowest BCUT2D eigenvalue weighted by atomic mass is 10.1. The van der Waals surface area contributed by atoms with Gasteiger partial charge in [-0.2, -0.15) is 5.10 Å². The monoisotopic (exact) mass is 249 g/mol. The molecule has 0 saturated heterocycles. The average molecular weight is 249 g/mol. The summed E-state index contributed by atoms with van der Waals surface area (Å²) in [5.74, 6) is 0.872. The molecule has 1 aromatic heterocycles. The van der Waals surface area contributed by atoms with Crippen LogP contribution in [0.1, 0.15) is 56.6 Å². The van der Waals surface area contributed by atoms with Crippen LogP contribution in [0.5, 0.6) is 0 Å². The topological polar surface area (TPSA) is 29.9 Å². The smallest absolute Gasteiger partial charge is 0.0657 e. The van der Waals surface area contributed by atoms with Crippen LogP contribution >= 0.6 is 0 Å². The van der Waals surface area contributed by atoms with Gasteiger partial charge < -0.3 is 5.32 Å². The van der Waals surface area contributed by atoms with Gasteiger partial charge in [0.15, 0.2) is 0 Å². The minimum Gasteiger partial charge on any atom is -0.319 e. The van der Waals surface area contributed by atoms with Gasteiger partial charge in [0, 0.05) is 5.69 Å². The zero-order valence-electron chi connectivity index (χ0n) is 12.3. The number of rotatable bonds is 7. The van der Waals surface area contributed by atoms with Crippen molar-refractivity contribution in [2.75, 3.05) is 13.6 Å². The number of hydrogen-bond acceptors (Lipinski definition) is 2. The molecule has 0 amide bonds. The molecule has 1 aliphatic rings. The predicted octanol–water partition coefficient (Wildman–Crippen LogP) is 2.74. The van der Waals surface area contributed by atoms with E-state index >= 15 is 0 Å². The Balaban J connectivity index is 2.30. The highest BCUT2D eigenvalue weighted by Gasteiger charge is 2.31. The SMILES string of the molecule is CCc1nn(C(C)C2CC2)c(CC)c1CCNC. The van der Waals surface area contributed by atoms with Gasteiger partial charge in [-0.3, -0.25) is 4.68 Å². The first-order valence-corrected chi connectivity index (χ1v) is 7.46. The second kappa shape index (κ2) is 5.87. The molecule has 102 valence electrons. The van der Waals surface area contributed by atoms with Gasteiger partial charge in [0.25, 0.3) is 0 Å². The molecule has 1 unspecified atom stereocenters. The van der Waals surface area contributed by atoms with Crippen LogP contribution in [0.3, 0.4) is 0 Å². The van der Waals surface area contributed by atoms with Crippen molar-refractivity contribution in [3.8, 4) is 0 Å². The molecule has 1 aromatic rings. The highest BCUT2D eigenvalue weighted by atomic mass is 15.3. The number of likely N-dealkylation sites (N-methyl/N-ethyl adjacent to an activating group) is 1. The summed E-state index contributed by atoms with van der Waals surface area (Å²) in [6.45, 7) is 7.86. The Kier molecular flexibility index (Phi) is 4.44. The number of hydrogen-bond donors (Lipinski definition) is 1. The zero-order chi connectivity index (χ0) is 13.1. The van der Waals surface area contributed by atoms with Gasteiger partial charge in [0.05, 0.1) is 11.7 Å². The van der Waals surface area contributed by atoms with Crippen molar-refractivity contribution in [1.29, 1.82) is 0 Å². The van der Waals surface area contributed by atoms with Crippen molar-refractivity contribution in [1.82, 2.24) is 15.1 Å². The number of nitrogens with zero attached hydrogens (tertiary/aromatic N) is 2. The fraction of sp³-hybridized carbons (Fsp3) is 0.800. The molecular formula is C15H27N3. The molecule has 3 nitrogen and oxygen atoms in total. The van der Waals surface area contributed by atoms with Gasteiger partial charge in [-0.25, -0.2) is 0 Å². The highest BCUT2D eigenvalue weighted by Crippen LogP contribution is 2.40. The Morgan fingerprint density at radius 3 is 2.56 bits per heavy atom. The van der Waals surface area contributed by atoms with Crippen molar-refractivity contribution in [2.24, 2.45) is 5.92 Å². The first-order valence-electron chi connectivity index (χ1n) is 7.46. The Labute approximate surface area is 111 Å². The maximum Gasteiger partial charge on any atom is 0.0657 e. The fourth-order valence-electron chi connectivity index (χ4n) is 2.87. The molecule has 2 rings (SSSR count). The molecule has 1 aliphatic carbocycles. The first-order chi connectivity index (χ1) is 8.72. The van der Waals surface area contributed by atoms with E-state index in [4.69, 9.17) is 5.10 Å². The minimum atomic E-state index is 0.591. The van der Waals surface area contributed by atoms with Crippen molar-refractivity contribution in [2.45, 2.75) is 58.9 Å². The van der Waals surface area contributed by atoms with E-state index in [0.717, 1.165) is 31.7 Å². The molecule has 3 heteroatoms. The third-order valence-corrected chi connectivity index (χ3v) is 4.19. The van der Waals surface area contributed by atoms with E-state index in [-0.39, 0.29) is 0 Å². The quantitative estimate of drug-likeness (QED) is 0.805. The number of aromatic nitrogens is 2. The molecule has 1 atom stereocenters.